The second-order valence-corrected chi connectivity index (χ2v) is 4.95. The summed E-state index contributed by atoms with van der Waals surface area (Å²) in [6.45, 7) is -0.252. The Kier molecular flexibility index (Phi) is 3.35. The minimum Gasteiger partial charge on any atom is -0.270 e. The summed E-state index contributed by atoms with van der Waals surface area (Å²) in [5.74, 6) is -0.996. The van der Waals surface area contributed by atoms with E-state index in [1.165, 1.54) is 30.3 Å². The average molecular weight is 307 g/mol. The average Bonchev–Trinajstić information content (AvgIpc) is 2.80. The van der Waals surface area contributed by atoms with E-state index in [4.69, 9.17) is 5.26 Å². The molecule has 7 heteroatoms. The van der Waals surface area contributed by atoms with Crippen LogP contribution in [-0.2, 0) is 6.54 Å². The van der Waals surface area contributed by atoms with Crippen LogP contribution in [0, 0.1) is 21.4 Å². The van der Waals surface area contributed by atoms with Gasteiger partial charge >= 0.3 is 0 Å². The van der Waals surface area contributed by atoms with E-state index in [1.807, 2.05) is 6.07 Å². The highest BCUT2D eigenvalue weighted by molar-refractivity contribution is 6.21. The highest BCUT2D eigenvalue weighted by atomic mass is 16.6. The molecule has 2 amide bonds. The number of nitro groups is 1. The van der Waals surface area contributed by atoms with Crippen molar-refractivity contribution in [2.75, 3.05) is 0 Å². The molecule has 0 radical (unpaired) electrons. The van der Waals surface area contributed by atoms with Gasteiger partial charge in [-0.3, -0.25) is 24.6 Å². The lowest BCUT2D eigenvalue weighted by Gasteiger charge is -2.14. The fraction of sp³-hybridized carbons (Fsp3) is 0.0625. The predicted molar refractivity (Wildman–Crippen MR) is 78.5 cm³/mol. The van der Waals surface area contributed by atoms with Crippen molar-refractivity contribution in [1.82, 2.24) is 4.90 Å². The highest BCUT2D eigenvalue weighted by Gasteiger charge is 2.36. The Morgan fingerprint density at radius 1 is 1.09 bits per heavy atom. The van der Waals surface area contributed by atoms with Gasteiger partial charge in [0.25, 0.3) is 17.5 Å². The summed E-state index contributed by atoms with van der Waals surface area (Å²) >= 11 is 0. The Hall–Kier alpha value is -3.53. The fourth-order valence-electron chi connectivity index (χ4n) is 2.51. The molecule has 0 N–H and O–H groups in total. The van der Waals surface area contributed by atoms with E-state index >= 15 is 0 Å². The van der Waals surface area contributed by atoms with Crippen LogP contribution in [-0.4, -0.2) is 21.6 Å². The number of carbonyl (C=O) groups is 2. The zero-order valence-electron chi connectivity index (χ0n) is 11.7. The molecule has 0 aliphatic carbocycles. The molecule has 1 aliphatic rings. The molecular weight excluding hydrogens is 298 g/mol. The van der Waals surface area contributed by atoms with Crippen LogP contribution in [0.1, 0.15) is 31.8 Å². The van der Waals surface area contributed by atoms with Crippen LogP contribution in [0.5, 0.6) is 0 Å². The van der Waals surface area contributed by atoms with Crippen molar-refractivity contribution >= 4 is 17.5 Å². The summed E-state index contributed by atoms with van der Waals surface area (Å²) in [5, 5.41) is 20.0. The lowest BCUT2D eigenvalue weighted by molar-refractivity contribution is -0.385. The van der Waals surface area contributed by atoms with E-state index < -0.39 is 16.7 Å². The maximum atomic E-state index is 12.3. The van der Waals surface area contributed by atoms with Gasteiger partial charge in [0.05, 0.1) is 39.8 Å². The number of imide groups is 1. The lowest BCUT2D eigenvalue weighted by atomic mass is 10.1. The second kappa shape index (κ2) is 5.35. The van der Waals surface area contributed by atoms with Crippen molar-refractivity contribution in [1.29, 1.82) is 5.26 Å². The second-order valence-electron chi connectivity index (χ2n) is 4.95. The number of benzene rings is 2. The van der Waals surface area contributed by atoms with Gasteiger partial charge in [0, 0.05) is 6.07 Å². The molecule has 0 atom stereocenters. The van der Waals surface area contributed by atoms with Crippen molar-refractivity contribution in [2.45, 2.75) is 6.54 Å². The number of hydrogen-bond acceptors (Lipinski definition) is 5. The van der Waals surface area contributed by atoms with Crippen LogP contribution in [0.25, 0.3) is 0 Å². The van der Waals surface area contributed by atoms with Crippen molar-refractivity contribution in [3.8, 4) is 6.07 Å². The van der Waals surface area contributed by atoms with Crippen LogP contribution in [0.4, 0.5) is 5.69 Å². The Labute approximate surface area is 130 Å². The van der Waals surface area contributed by atoms with Crippen LogP contribution < -0.4 is 0 Å². The maximum absolute atomic E-state index is 12.3. The molecule has 0 saturated carbocycles. The molecule has 0 saturated heterocycles. The van der Waals surface area contributed by atoms with Crippen molar-refractivity contribution in [3.63, 3.8) is 0 Å². The quantitative estimate of drug-likeness (QED) is 0.491. The summed E-state index contributed by atoms with van der Waals surface area (Å²) in [7, 11) is 0. The van der Waals surface area contributed by atoms with Crippen LogP contribution in [0.15, 0.2) is 42.5 Å². The van der Waals surface area contributed by atoms with E-state index in [9.17, 15) is 19.7 Å². The van der Waals surface area contributed by atoms with Gasteiger partial charge in [-0.1, -0.05) is 12.1 Å². The zero-order chi connectivity index (χ0) is 16.6. The molecular formula is C16H9N3O4. The van der Waals surface area contributed by atoms with Gasteiger partial charge in [-0.2, -0.15) is 5.26 Å². The fourth-order valence-corrected chi connectivity index (χ4v) is 2.51. The van der Waals surface area contributed by atoms with E-state index in [-0.39, 0.29) is 34.5 Å². The van der Waals surface area contributed by atoms with E-state index in [0.717, 1.165) is 4.90 Å². The van der Waals surface area contributed by atoms with Crippen LogP contribution in [0.3, 0.4) is 0 Å². The molecule has 0 bridgehead atoms. The number of nitriles is 1. The van der Waals surface area contributed by atoms with E-state index in [0.29, 0.717) is 0 Å². The number of rotatable bonds is 3. The first kappa shape index (κ1) is 14.4. The van der Waals surface area contributed by atoms with Gasteiger partial charge < -0.3 is 0 Å². The summed E-state index contributed by atoms with van der Waals surface area (Å²) in [5.41, 5.74) is 0.680. The first-order valence-corrected chi connectivity index (χ1v) is 6.65. The number of amides is 2. The van der Waals surface area contributed by atoms with Crippen LogP contribution >= 0.6 is 0 Å². The van der Waals surface area contributed by atoms with Crippen molar-refractivity contribution in [3.05, 3.63) is 74.8 Å². The number of fused-ring (bicyclic) bond motifs is 1. The molecule has 0 aromatic heterocycles. The van der Waals surface area contributed by atoms with Crippen LogP contribution in [0.2, 0.25) is 0 Å². The molecule has 1 heterocycles. The third kappa shape index (κ3) is 2.32. The first-order valence-electron chi connectivity index (χ1n) is 6.65. The molecule has 3 rings (SSSR count). The molecule has 7 nitrogen and oxygen atoms in total. The molecule has 0 fully saturated rings. The summed E-state index contributed by atoms with van der Waals surface area (Å²) in [4.78, 5) is 36.1. The third-order valence-electron chi connectivity index (χ3n) is 3.61. The normalized spacial score (nSPS) is 12.9. The van der Waals surface area contributed by atoms with Gasteiger partial charge in [0.2, 0.25) is 0 Å². The standard InChI is InChI=1S/C16H9N3O4/c17-8-10-5-6-14(19(22)23)11(7-10)9-18-15(20)12-3-1-2-4-13(12)16(18)21/h1-7H,9H2. The SMILES string of the molecule is N#Cc1ccc([N+](=O)[O-])c(CN2C(=O)c3ccccc3C2=O)c1. The van der Waals surface area contributed by atoms with Gasteiger partial charge in [-0.05, 0) is 24.3 Å². The van der Waals surface area contributed by atoms with Gasteiger partial charge in [-0.25, -0.2) is 0 Å². The molecule has 0 spiro atoms. The Bertz CT molecular complexity index is 863. The third-order valence-corrected chi connectivity index (χ3v) is 3.61. The highest BCUT2D eigenvalue weighted by Crippen LogP contribution is 2.27. The van der Waals surface area contributed by atoms with Gasteiger partial charge in [-0.15, -0.1) is 0 Å². The molecule has 112 valence electrons. The maximum Gasteiger partial charge on any atom is 0.274 e. The number of nitro benzene ring substituents is 1. The van der Waals surface area contributed by atoms with Gasteiger partial charge in [0.1, 0.15) is 0 Å². The van der Waals surface area contributed by atoms with E-state index in [2.05, 4.69) is 0 Å². The predicted octanol–water partition coefficient (Wildman–Crippen LogP) is 2.26. The summed E-state index contributed by atoms with van der Waals surface area (Å²) < 4.78 is 0. The summed E-state index contributed by atoms with van der Waals surface area (Å²) in [6.07, 6.45) is 0. The van der Waals surface area contributed by atoms with Crippen molar-refractivity contribution < 1.29 is 14.5 Å². The number of nitrogens with zero attached hydrogens (tertiary/aromatic N) is 3. The molecule has 0 unspecified atom stereocenters. The molecule has 1 aliphatic heterocycles. The Morgan fingerprint density at radius 3 is 2.22 bits per heavy atom. The van der Waals surface area contributed by atoms with Gasteiger partial charge in [0.15, 0.2) is 0 Å². The van der Waals surface area contributed by atoms with E-state index in [1.54, 1.807) is 12.1 Å². The largest absolute Gasteiger partial charge is 0.274 e. The Balaban J connectivity index is 2.01. The number of hydrogen-bond donors (Lipinski definition) is 0. The minimum absolute atomic E-state index is 0.142. The smallest absolute Gasteiger partial charge is 0.270 e. The first-order chi connectivity index (χ1) is 11.0. The summed E-state index contributed by atoms with van der Waals surface area (Å²) in [6, 6.07) is 12.1. The monoisotopic (exact) mass is 307 g/mol. The Morgan fingerprint density at radius 2 is 1.70 bits per heavy atom. The lowest BCUT2D eigenvalue weighted by Crippen LogP contribution is -2.29. The minimum atomic E-state index is -0.603. The topological polar surface area (TPSA) is 104 Å². The number of carbonyl (C=O) groups excluding carboxylic acids is 2. The zero-order valence-corrected chi connectivity index (χ0v) is 11.7. The molecule has 2 aromatic carbocycles. The molecule has 2 aromatic rings. The molecule has 23 heavy (non-hydrogen) atoms. The van der Waals surface area contributed by atoms with Crippen molar-refractivity contribution in [2.24, 2.45) is 0 Å².